The Hall–Kier alpha value is -2.89. The van der Waals surface area contributed by atoms with E-state index in [9.17, 15) is 4.39 Å². The van der Waals surface area contributed by atoms with Crippen LogP contribution in [0.4, 0.5) is 10.3 Å². The van der Waals surface area contributed by atoms with Crippen molar-refractivity contribution in [2.24, 2.45) is 0 Å². The second-order valence-corrected chi connectivity index (χ2v) is 5.73. The van der Waals surface area contributed by atoms with E-state index < -0.39 is 0 Å². The molecule has 0 unspecified atom stereocenters. The molecule has 2 rings (SSSR count). The number of halogens is 1. The first-order chi connectivity index (χ1) is 13.4. The van der Waals surface area contributed by atoms with Gasteiger partial charge in [0.1, 0.15) is 19.4 Å². The summed E-state index contributed by atoms with van der Waals surface area (Å²) in [4.78, 5) is 27.2. The summed E-state index contributed by atoms with van der Waals surface area (Å²) in [7, 11) is 3.84. The maximum absolute atomic E-state index is 13.2. The second kappa shape index (κ2) is 15.2. The normalized spacial score (nSPS) is 9.46. The van der Waals surface area contributed by atoms with Gasteiger partial charge in [-0.15, -0.1) is 0 Å². The van der Waals surface area contributed by atoms with Crippen LogP contribution in [0.5, 0.6) is 0 Å². The maximum Gasteiger partial charge on any atom is 0.225 e. The van der Waals surface area contributed by atoms with Crippen molar-refractivity contribution in [3.8, 4) is 11.3 Å². The SMILES string of the molecule is C/C=C/c1c(-c2ccc(F)cc2)nc(N(C)C)nc1C(C)C.C=O.C=O.CC. The molecule has 5 nitrogen and oxygen atoms in total. The van der Waals surface area contributed by atoms with Crippen LogP contribution in [0, 0.1) is 5.82 Å². The summed E-state index contributed by atoms with van der Waals surface area (Å²) >= 11 is 0. The Kier molecular flexibility index (Phi) is 14.8. The quantitative estimate of drug-likeness (QED) is 0.722. The number of nitrogens with zero attached hydrogens (tertiary/aromatic N) is 3. The van der Waals surface area contributed by atoms with Gasteiger partial charge >= 0.3 is 0 Å². The van der Waals surface area contributed by atoms with E-state index in [1.165, 1.54) is 12.1 Å². The average Bonchev–Trinajstić information content (AvgIpc) is 2.73. The average molecular weight is 390 g/mol. The number of anilines is 1. The Morgan fingerprint density at radius 1 is 1.00 bits per heavy atom. The summed E-state index contributed by atoms with van der Waals surface area (Å²) in [6, 6.07) is 6.44. The summed E-state index contributed by atoms with van der Waals surface area (Å²) in [5.41, 5.74) is 3.72. The van der Waals surface area contributed by atoms with E-state index in [-0.39, 0.29) is 11.7 Å². The minimum absolute atomic E-state index is 0.248. The van der Waals surface area contributed by atoms with Gasteiger partial charge in [-0.05, 0) is 37.1 Å². The standard InChI is InChI=1S/C18H22FN3.C2H6.2CH2O/c1-6-7-15-16(12(2)3)20-18(22(4)5)21-17(15)13-8-10-14(19)11-9-13;3*1-2/h6-12H,1-5H3;1-2H3;2*1H2/b7-6+;;;. The van der Waals surface area contributed by atoms with E-state index in [2.05, 4.69) is 23.8 Å². The van der Waals surface area contributed by atoms with Gasteiger partial charge < -0.3 is 14.5 Å². The molecule has 1 heterocycles. The molecule has 28 heavy (non-hydrogen) atoms. The van der Waals surface area contributed by atoms with E-state index >= 15 is 0 Å². The molecule has 0 saturated heterocycles. The fraction of sp³-hybridized carbons (Fsp3) is 0.364. The molecule has 154 valence electrons. The molecule has 0 saturated carbocycles. The van der Waals surface area contributed by atoms with Crippen molar-refractivity contribution in [2.45, 2.75) is 40.5 Å². The van der Waals surface area contributed by atoms with Crippen LogP contribution in [0.25, 0.3) is 17.3 Å². The molecule has 0 radical (unpaired) electrons. The van der Waals surface area contributed by atoms with Crippen LogP contribution in [0.2, 0.25) is 0 Å². The van der Waals surface area contributed by atoms with Crippen LogP contribution >= 0.6 is 0 Å². The number of carbonyl (C=O) groups is 2. The van der Waals surface area contributed by atoms with E-state index in [1.807, 2.05) is 65.5 Å². The Morgan fingerprint density at radius 2 is 1.50 bits per heavy atom. The van der Waals surface area contributed by atoms with Gasteiger partial charge in [0.25, 0.3) is 0 Å². The second-order valence-electron chi connectivity index (χ2n) is 5.73. The molecule has 0 fully saturated rings. The summed E-state index contributed by atoms with van der Waals surface area (Å²) in [5.74, 6) is 0.686. The number of aromatic nitrogens is 2. The van der Waals surface area contributed by atoms with Crippen LogP contribution in [0.15, 0.2) is 30.3 Å². The third-order valence-corrected chi connectivity index (χ3v) is 3.36. The summed E-state index contributed by atoms with van der Waals surface area (Å²) in [6.07, 6.45) is 4.00. The molecule has 0 N–H and O–H groups in total. The van der Waals surface area contributed by atoms with Crippen molar-refractivity contribution >= 4 is 25.6 Å². The lowest BCUT2D eigenvalue weighted by Gasteiger charge is -2.18. The maximum atomic E-state index is 13.2. The molecular weight excluding hydrogens is 357 g/mol. The van der Waals surface area contributed by atoms with Gasteiger partial charge in [-0.1, -0.05) is 39.8 Å². The first kappa shape index (κ1) is 27.3. The van der Waals surface area contributed by atoms with Crippen molar-refractivity contribution < 1.29 is 14.0 Å². The van der Waals surface area contributed by atoms with Crippen LogP contribution in [0.3, 0.4) is 0 Å². The number of rotatable bonds is 4. The zero-order valence-electron chi connectivity index (χ0n) is 18.0. The highest BCUT2D eigenvalue weighted by Gasteiger charge is 2.17. The van der Waals surface area contributed by atoms with Crippen molar-refractivity contribution in [3.05, 3.63) is 47.4 Å². The van der Waals surface area contributed by atoms with Gasteiger partial charge in [0.15, 0.2) is 0 Å². The molecule has 0 aliphatic carbocycles. The van der Waals surface area contributed by atoms with Gasteiger partial charge in [-0.25, -0.2) is 14.4 Å². The number of carbonyl (C=O) groups excluding carboxylic acids is 2. The highest BCUT2D eigenvalue weighted by atomic mass is 19.1. The van der Waals surface area contributed by atoms with Gasteiger partial charge in [0.05, 0.1) is 11.4 Å². The largest absolute Gasteiger partial charge is 0.347 e. The van der Waals surface area contributed by atoms with E-state index in [1.54, 1.807) is 12.1 Å². The molecule has 0 aliphatic rings. The van der Waals surface area contributed by atoms with Crippen LogP contribution in [-0.2, 0) is 9.59 Å². The summed E-state index contributed by atoms with van der Waals surface area (Å²) < 4.78 is 13.2. The molecule has 0 aliphatic heterocycles. The van der Waals surface area contributed by atoms with Gasteiger partial charge in [-0.2, -0.15) is 0 Å². The third kappa shape index (κ3) is 7.78. The van der Waals surface area contributed by atoms with Crippen LogP contribution < -0.4 is 4.90 Å². The number of benzene rings is 1. The van der Waals surface area contributed by atoms with Crippen LogP contribution in [0.1, 0.15) is 51.8 Å². The molecule has 0 spiro atoms. The highest BCUT2D eigenvalue weighted by molar-refractivity contribution is 5.74. The Bertz CT molecular complexity index is 712. The van der Waals surface area contributed by atoms with Crippen molar-refractivity contribution in [1.29, 1.82) is 0 Å². The molecule has 1 aromatic carbocycles. The molecule has 2 aromatic rings. The number of hydrogen-bond acceptors (Lipinski definition) is 5. The molecule has 6 heteroatoms. The highest BCUT2D eigenvalue weighted by Crippen LogP contribution is 2.30. The topological polar surface area (TPSA) is 63.2 Å². The van der Waals surface area contributed by atoms with E-state index in [4.69, 9.17) is 9.59 Å². The summed E-state index contributed by atoms with van der Waals surface area (Å²) in [5, 5.41) is 0. The van der Waals surface area contributed by atoms with Gasteiger partial charge in [-0.3, -0.25) is 0 Å². The summed E-state index contributed by atoms with van der Waals surface area (Å²) in [6.45, 7) is 14.2. The molecular formula is C22H32FN3O2. The molecule has 0 bridgehead atoms. The fourth-order valence-electron chi connectivity index (χ4n) is 2.27. The van der Waals surface area contributed by atoms with E-state index in [0.29, 0.717) is 5.95 Å². The molecule has 1 aromatic heterocycles. The predicted octanol–water partition coefficient (Wildman–Crippen LogP) is 5.16. The third-order valence-electron chi connectivity index (χ3n) is 3.36. The minimum Gasteiger partial charge on any atom is -0.347 e. The lowest BCUT2D eigenvalue weighted by atomic mass is 9.98. The number of hydrogen-bond donors (Lipinski definition) is 0. The minimum atomic E-state index is -0.248. The van der Waals surface area contributed by atoms with Crippen molar-refractivity contribution in [2.75, 3.05) is 19.0 Å². The number of allylic oxidation sites excluding steroid dienone is 1. The lowest BCUT2D eigenvalue weighted by molar-refractivity contribution is -0.0987. The lowest BCUT2D eigenvalue weighted by Crippen LogP contribution is -2.16. The molecule has 0 atom stereocenters. The Morgan fingerprint density at radius 3 is 1.89 bits per heavy atom. The first-order valence-corrected chi connectivity index (χ1v) is 8.99. The van der Waals surface area contributed by atoms with Gasteiger partial charge in [0.2, 0.25) is 5.95 Å². The van der Waals surface area contributed by atoms with Crippen molar-refractivity contribution in [1.82, 2.24) is 9.97 Å². The molecule has 0 amide bonds. The van der Waals surface area contributed by atoms with Gasteiger partial charge in [0, 0.05) is 25.2 Å². The zero-order valence-corrected chi connectivity index (χ0v) is 18.0. The Labute approximate surface area is 168 Å². The van der Waals surface area contributed by atoms with Crippen LogP contribution in [-0.4, -0.2) is 37.6 Å². The first-order valence-electron chi connectivity index (χ1n) is 8.99. The van der Waals surface area contributed by atoms with Crippen molar-refractivity contribution in [3.63, 3.8) is 0 Å². The smallest absolute Gasteiger partial charge is 0.225 e. The monoisotopic (exact) mass is 389 g/mol. The van der Waals surface area contributed by atoms with E-state index in [0.717, 1.165) is 22.5 Å². The fourth-order valence-corrected chi connectivity index (χ4v) is 2.27. The predicted molar refractivity (Wildman–Crippen MR) is 116 cm³/mol. The zero-order chi connectivity index (χ0) is 22.3. The Balaban J connectivity index is 0.